The second kappa shape index (κ2) is 6.75. The normalized spacial score (nSPS) is 12.3. The van der Waals surface area contributed by atoms with Crippen molar-refractivity contribution in [3.8, 4) is 11.5 Å². The molecule has 0 heterocycles. The maximum absolute atomic E-state index is 12.7. The van der Waals surface area contributed by atoms with Crippen LogP contribution in [0.1, 0.15) is 22.3 Å². The zero-order valence-electron chi connectivity index (χ0n) is 15.1. The van der Waals surface area contributed by atoms with Crippen LogP contribution in [0.2, 0.25) is 13.1 Å². The van der Waals surface area contributed by atoms with E-state index in [1.54, 1.807) is 18.2 Å². The fourth-order valence-corrected chi connectivity index (χ4v) is 4.39. The van der Waals surface area contributed by atoms with Crippen LogP contribution in [-0.2, 0) is 6.18 Å². The van der Waals surface area contributed by atoms with Crippen molar-refractivity contribution in [2.24, 2.45) is 0 Å². The zero-order valence-corrected chi connectivity index (χ0v) is 16.1. The lowest BCUT2D eigenvalue weighted by Gasteiger charge is -2.25. The van der Waals surface area contributed by atoms with Gasteiger partial charge in [0.05, 0.1) is 11.8 Å². The van der Waals surface area contributed by atoms with E-state index in [1.165, 1.54) is 0 Å². The maximum Gasteiger partial charge on any atom is 0.416 e. The molecule has 1 N–H and O–H groups in total. The van der Waals surface area contributed by atoms with E-state index < -0.39 is 19.8 Å². The molecule has 0 atom stereocenters. The maximum atomic E-state index is 12.7. The fraction of sp³-hybridized carbons (Fsp3) is 0.368. The standard InChI is InChI=1S/C19H23F3O2Si/c1-12-10-17(13(2)14(3)18(12)23)24-11-25(4,5)16-8-6-15(7-9-16)19(20,21)22/h6-10,23H,11H2,1-5H3. The molecule has 0 aromatic heterocycles. The minimum Gasteiger partial charge on any atom is -0.507 e. The van der Waals surface area contributed by atoms with Gasteiger partial charge in [-0.1, -0.05) is 42.5 Å². The summed E-state index contributed by atoms with van der Waals surface area (Å²) < 4.78 is 44.1. The Balaban J connectivity index is 2.20. The number of halogens is 3. The van der Waals surface area contributed by atoms with Crippen LogP contribution in [0, 0.1) is 20.8 Å². The highest BCUT2D eigenvalue weighted by atomic mass is 28.3. The number of aryl methyl sites for hydroxylation is 1. The quantitative estimate of drug-likeness (QED) is 0.780. The lowest BCUT2D eigenvalue weighted by Crippen LogP contribution is -2.47. The predicted octanol–water partition coefficient (Wildman–Crippen LogP) is 4.87. The van der Waals surface area contributed by atoms with Crippen molar-refractivity contribution in [3.63, 3.8) is 0 Å². The highest BCUT2D eigenvalue weighted by Gasteiger charge is 2.32. The molecule has 2 rings (SSSR count). The number of hydrogen-bond donors (Lipinski definition) is 1. The van der Waals surface area contributed by atoms with Gasteiger partial charge in [0.25, 0.3) is 0 Å². The van der Waals surface area contributed by atoms with Crippen molar-refractivity contribution < 1.29 is 23.0 Å². The molecule has 0 aliphatic heterocycles. The smallest absolute Gasteiger partial charge is 0.416 e. The Hall–Kier alpha value is -1.95. The third kappa shape index (κ3) is 4.18. The van der Waals surface area contributed by atoms with E-state index in [2.05, 4.69) is 13.1 Å². The van der Waals surface area contributed by atoms with Gasteiger partial charge in [-0.2, -0.15) is 13.2 Å². The summed E-state index contributed by atoms with van der Waals surface area (Å²) in [6.45, 7) is 9.66. The minimum absolute atomic E-state index is 0.268. The third-order valence-electron chi connectivity index (χ3n) is 4.59. The topological polar surface area (TPSA) is 29.5 Å². The lowest BCUT2D eigenvalue weighted by atomic mass is 10.0. The summed E-state index contributed by atoms with van der Waals surface area (Å²) in [5.41, 5.74) is 1.76. The molecule has 0 aliphatic rings. The molecule has 0 unspecified atom stereocenters. The van der Waals surface area contributed by atoms with Crippen LogP contribution >= 0.6 is 0 Å². The first-order valence-corrected chi connectivity index (χ1v) is 11.2. The van der Waals surface area contributed by atoms with Gasteiger partial charge in [0.15, 0.2) is 0 Å². The number of aromatic hydroxyl groups is 1. The second-order valence-corrected chi connectivity index (χ2v) is 11.7. The molecule has 0 saturated heterocycles. The van der Waals surface area contributed by atoms with Gasteiger partial charge >= 0.3 is 6.18 Å². The first-order valence-electron chi connectivity index (χ1n) is 8.04. The fourth-order valence-electron chi connectivity index (χ4n) is 2.63. The summed E-state index contributed by atoms with van der Waals surface area (Å²) in [5, 5.41) is 10.9. The average Bonchev–Trinajstić information content (AvgIpc) is 2.54. The van der Waals surface area contributed by atoms with E-state index in [0.717, 1.165) is 34.0 Å². The monoisotopic (exact) mass is 368 g/mol. The van der Waals surface area contributed by atoms with Crippen molar-refractivity contribution in [1.29, 1.82) is 0 Å². The molecule has 6 heteroatoms. The number of phenols is 1. The molecule has 25 heavy (non-hydrogen) atoms. The SMILES string of the molecule is Cc1cc(OC[Si](C)(C)c2ccc(C(F)(F)F)cc2)c(C)c(C)c1O. The number of ether oxygens (including phenoxy) is 1. The summed E-state index contributed by atoms with van der Waals surface area (Å²) in [7, 11) is -2.07. The number of phenolic OH excluding ortho intramolecular Hbond substituents is 1. The van der Waals surface area contributed by atoms with Crippen molar-refractivity contribution in [1.82, 2.24) is 0 Å². The first kappa shape index (κ1) is 19.4. The van der Waals surface area contributed by atoms with Crippen LogP contribution in [-0.4, -0.2) is 19.4 Å². The Kier molecular flexibility index (Phi) is 5.23. The van der Waals surface area contributed by atoms with Gasteiger partial charge in [-0.05, 0) is 43.5 Å². The van der Waals surface area contributed by atoms with Crippen LogP contribution in [0.4, 0.5) is 13.2 Å². The van der Waals surface area contributed by atoms with Crippen molar-refractivity contribution in [2.75, 3.05) is 6.23 Å². The van der Waals surface area contributed by atoms with Gasteiger partial charge in [0, 0.05) is 0 Å². The van der Waals surface area contributed by atoms with E-state index in [0.29, 0.717) is 12.0 Å². The Morgan fingerprint density at radius 2 is 1.56 bits per heavy atom. The Bertz CT molecular complexity index is 766. The van der Waals surface area contributed by atoms with Gasteiger partial charge in [0.1, 0.15) is 19.6 Å². The lowest BCUT2D eigenvalue weighted by molar-refractivity contribution is -0.137. The van der Waals surface area contributed by atoms with Crippen molar-refractivity contribution in [3.05, 3.63) is 52.6 Å². The summed E-state index contributed by atoms with van der Waals surface area (Å²) >= 11 is 0. The molecule has 136 valence electrons. The first-order chi connectivity index (χ1) is 11.4. The van der Waals surface area contributed by atoms with Crippen LogP contribution < -0.4 is 9.92 Å². The van der Waals surface area contributed by atoms with Crippen LogP contribution in [0.5, 0.6) is 11.5 Å². The van der Waals surface area contributed by atoms with Gasteiger partial charge in [-0.25, -0.2) is 0 Å². The Morgan fingerprint density at radius 1 is 1.00 bits per heavy atom. The molecular formula is C19H23F3O2Si. The van der Waals surface area contributed by atoms with Gasteiger partial charge < -0.3 is 9.84 Å². The Morgan fingerprint density at radius 3 is 2.08 bits per heavy atom. The number of hydrogen-bond acceptors (Lipinski definition) is 2. The Labute approximate surface area is 147 Å². The molecule has 0 spiro atoms. The summed E-state index contributed by atoms with van der Waals surface area (Å²) in [5.74, 6) is 0.976. The zero-order chi connectivity index (χ0) is 19.0. The molecule has 0 bridgehead atoms. The van der Waals surface area contributed by atoms with Gasteiger partial charge in [-0.15, -0.1) is 0 Å². The molecule has 0 saturated carbocycles. The summed E-state index contributed by atoms with van der Waals surface area (Å²) in [6, 6.07) is 7.17. The molecule has 2 aromatic carbocycles. The highest BCUT2D eigenvalue weighted by molar-refractivity contribution is 6.89. The predicted molar refractivity (Wildman–Crippen MR) is 96.4 cm³/mol. The average molecular weight is 368 g/mol. The molecular weight excluding hydrogens is 345 g/mol. The molecule has 0 radical (unpaired) electrons. The number of rotatable bonds is 4. The second-order valence-electron chi connectivity index (χ2n) is 7.04. The van der Waals surface area contributed by atoms with Crippen molar-refractivity contribution in [2.45, 2.75) is 40.0 Å². The highest BCUT2D eigenvalue weighted by Crippen LogP contribution is 2.32. The van der Waals surface area contributed by atoms with E-state index in [1.807, 2.05) is 20.8 Å². The summed E-state index contributed by atoms with van der Waals surface area (Å²) in [4.78, 5) is 0. The van der Waals surface area contributed by atoms with E-state index >= 15 is 0 Å². The molecule has 0 aliphatic carbocycles. The molecule has 0 amide bonds. The van der Waals surface area contributed by atoms with Crippen LogP contribution in [0.25, 0.3) is 0 Å². The summed E-state index contributed by atoms with van der Waals surface area (Å²) in [6.07, 6.45) is -3.87. The molecule has 2 nitrogen and oxygen atoms in total. The van der Waals surface area contributed by atoms with Gasteiger partial charge in [-0.3, -0.25) is 0 Å². The largest absolute Gasteiger partial charge is 0.507 e. The van der Waals surface area contributed by atoms with Crippen LogP contribution in [0.3, 0.4) is 0 Å². The van der Waals surface area contributed by atoms with Crippen molar-refractivity contribution >= 4 is 13.3 Å². The van der Waals surface area contributed by atoms with E-state index in [4.69, 9.17) is 4.74 Å². The number of benzene rings is 2. The minimum atomic E-state index is -4.32. The van der Waals surface area contributed by atoms with Crippen LogP contribution in [0.15, 0.2) is 30.3 Å². The van der Waals surface area contributed by atoms with E-state index in [9.17, 15) is 18.3 Å². The molecule has 2 aromatic rings. The van der Waals surface area contributed by atoms with Gasteiger partial charge in [0.2, 0.25) is 0 Å². The third-order valence-corrected chi connectivity index (χ3v) is 7.35. The number of alkyl halides is 3. The molecule has 0 fully saturated rings. The van der Waals surface area contributed by atoms with E-state index in [-0.39, 0.29) is 5.75 Å².